The van der Waals surface area contributed by atoms with Gasteiger partial charge in [-0.05, 0) is 43.0 Å². The van der Waals surface area contributed by atoms with Gasteiger partial charge in [0.2, 0.25) is 5.91 Å². The van der Waals surface area contributed by atoms with Crippen molar-refractivity contribution in [2.45, 2.75) is 37.8 Å². The maximum Gasteiger partial charge on any atom is 0.245 e. The highest BCUT2D eigenvalue weighted by Gasteiger charge is 2.36. The van der Waals surface area contributed by atoms with E-state index in [0.29, 0.717) is 5.92 Å². The summed E-state index contributed by atoms with van der Waals surface area (Å²) in [7, 11) is 1.88. The third-order valence-electron chi connectivity index (χ3n) is 5.17. The normalized spacial score (nSPS) is 26.6. The van der Waals surface area contributed by atoms with Crippen molar-refractivity contribution in [2.24, 2.45) is 5.92 Å². The second kappa shape index (κ2) is 6.29. The zero-order chi connectivity index (χ0) is 16.7. The Kier molecular flexibility index (Phi) is 4.14. The number of aliphatic hydroxyl groups is 1. The molecular formula is C17H22N4O2S. The Labute approximate surface area is 145 Å². The van der Waals surface area contributed by atoms with Gasteiger partial charge in [-0.1, -0.05) is 0 Å². The van der Waals surface area contributed by atoms with Crippen molar-refractivity contribution in [3.05, 3.63) is 17.8 Å². The van der Waals surface area contributed by atoms with E-state index in [1.165, 1.54) is 0 Å². The molecule has 1 N–H and O–H groups in total. The number of rotatable bonds is 4. The highest BCUT2D eigenvalue weighted by molar-refractivity contribution is 7.16. The minimum atomic E-state index is -0.172. The Hall–Kier alpha value is -1.73. The summed E-state index contributed by atoms with van der Waals surface area (Å²) in [6.07, 6.45) is 4.91. The summed E-state index contributed by atoms with van der Waals surface area (Å²) >= 11 is 1.60. The molecule has 2 aliphatic rings. The molecule has 7 heteroatoms. The van der Waals surface area contributed by atoms with Crippen molar-refractivity contribution in [3.63, 3.8) is 0 Å². The van der Waals surface area contributed by atoms with Crippen LogP contribution < -0.4 is 4.90 Å². The van der Waals surface area contributed by atoms with E-state index >= 15 is 0 Å². The van der Waals surface area contributed by atoms with Gasteiger partial charge in [0.05, 0.1) is 11.5 Å². The monoisotopic (exact) mass is 346 g/mol. The van der Waals surface area contributed by atoms with Gasteiger partial charge >= 0.3 is 0 Å². The molecule has 1 aliphatic heterocycles. The Morgan fingerprint density at radius 2 is 2.29 bits per heavy atom. The number of carbonyl (C=O) groups is 1. The smallest absolute Gasteiger partial charge is 0.245 e. The topological polar surface area (TPSA) is 69.6 Å². The van der Waals surface area contributed by atoms with Crippen LogP contribution in [0.15, 0.2) is 17.8 Å². The molecule has 0 spiro atoms. The second-order valence-electron chi connectivity index (χ2n) is 6.90. The van der Waals surface area contributed by atoms with Gasteiger partial charge in [0.25, 0.3) is 0 Å². The number of nitrogens with zero attached hydrogens (tertiary/aromatic N) is 4. The van der Waals surface area contributed by atoms with Gasteiger partial charge in [-0.15, -0.1) is 11.3 Å². The fourth-order valence-corrected chi connectivity index (χ4v) is 4.59. The molecule has 1 amide bonds. The van der Waals surface area contributed by atoms with Gasteiger partial charge in [-0.2, -0.15) is 0 Å². The lowest BCUT2D eigenvalue weighted by Crippen LogP contribution is -2.47. The van der Waals surface area contributed by atoms with Crippen LogP contribution in [0.3, 0.4) is 0 Å². The van der Waals surface area contributed by atoms with Gasteiger partial charge in [-0.25, -0.2) is 9.97 Å². The van der Waals surface area contributed by atoms with E-state index in [1.54, 1.807) is 17.7 Å². The van der Waals surface area contributed by atoms with Gasteiger partial charge in [0, 0.05) is 20.1 Å². The Bertz CT molecular complexity index is 743. The zero-order valence-electron chi connectivity index (χ0n) is 13.8. The molecule has 0 aromatic carbocycles. The molecule has 1 unspecified atom stereocenters. The highest BCUT2D eigenvalue weighted by Crippen LogP contribution is 2.33. The van der Waals surface area contributed by atoms with Crippen molar-refractivity contribution in [3.8, 4) is 0 Å². The first kappa shape index (κ1) is 15.8. The lowest BCUT2D eigenvalue weighted by atomic mass is 9.82. The maximum absolute atomic E-state index is 12.9. The number of aliphatic hydroxyl groups excluding tert-OH is 1. The molecule has 0 bridgehead atoms. The van der Waals surface area contributed by atoms with E-state index in [-0.39, 0.29) is 18.1 Å². The minimum Gasteiger partial charge on any atom is -0.393 e. The van der Waals surface area contributed by atoms with Gasteiger partial charge < -0.3 is 14.9 Å². The number of thiophene rings is 1. The fourth-order valence-electron chi connectivity index (χ4n) is 3.86. The number of hydrogen-bond acceptors (Lipinski definition) is 6. The van der Waals surface area contributed by atoms with E-state index in [1.807, 2.05) is 23.4 Å². The average molecular weight is 346 g/mol. The first-order valence-corrected chi connectivity index (χ1v) is 9.39. The number of amides is 1. The molecule has 0 radical (unpaired) electrons. The van der Waals surface area contributed by atoms with Crippen molar-refractivity contribution in [1.29, 1.82) is 0 Å². The molecule has 3 heterocycles. The molecule has 6 nitrogen and oxygen atoms in total. The summed E-state index contributed by atoms with van der Waals surface area (Å²) in [5.74, 6) is 1.48. The number of hydrogen-bond donors (Lipinski definition) is 1. The van der Waals surface area contributed by atoms with Crippen LogP contribution in [0.1, 0.15) is 25.7 Å². The molecule has 1 saturated heterocycles. The molecule has 2 fully saturated rings. The first-order valence-electron chi connectivity index (χ1n) is 8.51. The molecule has 1 aliphatic carbocycles. The molecule has 2 aromatic rings. The largest absolute Gasteiger partial charge is 0.393 e. The standard InChI is InChI=1S/C17H22N4O2S/c1-20(9-11-7-12(22)8-11)17(23)14-3-2-5-21(14)15-13-4-6-24-16(13)19-10-18-15/h4,6,10-12,14,22H,2-3,5,7-9H2,1H3. The molecule has 128 valence electrons. The third kappa shape index (κ3) is 2.75. The van der Waals surface area contributed by atoms with Crippen molar-refractivity contribution >= 4 is 33.3 Å². The number of carbonyl (C=O) groups excluding carboxylic acids is 1. The lowest BCUT2D eigenvalue weighted by molar-refractivity contribution is -0.132. The first-order chi connectivity index (χ1) is 11.6. The minimum absolute atomic E-state index is 0.141. The molecule has 1 saturated carbocycles. The van der Waals surface area contributed by atoms with Crippen molar-refractivity contribution < 1.29 is 9.90 Å². The Balaban J connectivity index is 1.52. The van der Waals surface area contributed by atoms with Crippen LogP contribution in [0.25, 0.3) is 10.2 Å². The van der Waals surface area contributed by atoms with E-state index in [4.69, 9.17) is 0 Å². The van der Waals surface area contributed by atoms with E-state index in [2.05, 4.69) is 14.9 Å². The van der Waals surface area contributed by atoms with Crippen LogP contribution in [0.2, 0.25) is 0 Å². The second-order valence-corrected chi connectivity index (χ2v) is 7.79. The van der Waals surface area contributed by atoms with Gasteiger partial charge in [0.1, 0.15) is 23.0 Å². The van der Waals surface area contributed by atoms with E-state index in [9.17, 15) is 9.90 Å². The molecule has 1 atom stereocenters. The molecule has 2 aromatic heterocycles. The number of likely N-dealkylation sites (N-methyl/N-ethyl adjacent to an activating group) is 1. The van der Waals surface area contributed by atoms with E-state index in [0.717, 1.165) is 54.8 Å². The Morgan fingerprint density at radius 1 is 1.46 bits per heavy atom. The average Bonchev–Trinajstić information content (AvgIpc) is 3.21. The quantitative estimate of drug-likeness (QED) is 0.915. The summed E-state index contributed by atoms with van der Waals surface area (Å²) in [6.45, 7) is 1.59. The SMILES string of the molecule is CN(CC1CC(O)C1)C(=O)C1CCCN1c1ncnc2sccc12. The number of fused-ring (bicyclic) bond motifs is 1. The highest BCUT2D eigenvalue weighted by atomic mass is 32.1. The molecule has 24 heavy (non-hydrogen) atoms. The predicted molar refractivity (Wildman–Crippen MR) is 94.2 cm³/mol. The van der Waals surface area contributed by atoms with Gasteiger partial charge in [-0.3, -0.25) is 4.79 Å². The summed E-state index contributed by atoms with van der Waals surface area (Å²) in [4.78, 5) is 26.7. The predicted octanol–water partition coefficient (Wildman–Crippen LogP) is 1.89. The summed E-state index contributed by atoms with van der Waals surface area (Å²) < 4.78 is 0. The number of anilines is 1. The Morgan fingerprint density at radius 3 is 3.08 bits per heavy atom. The van der Waals surface area contributed by atoms with Crippen molar-refractivity contribution in [2.75, 3.05) is 25.0 Å². The summed E-state index contributed by atoms with van der Waals surface area (Å²) in [6, 6.07) is 1.90. The van der Waals surface area contributed by atoms with Crippen LogP contribution in [0.4, 0.5) is 5.82 Å². The fraction of sp³-hybridized carbons (Fsp3) is 0.588. The maximum atomic E-state index is 12.9. The van der Waals surface area contributed by atoms with Crippen LogP contribution in [0.5, 0.6) is 0 Å². The van der Waals surface area contributed by atoms with Gasteiger partial charge in [0.15, 0.2) is 0 Å². The van der Waals surface area contributed by atoms with E-state index < -0.39 is 0 Å². The van der Waals surface area contributed by atoms with Crippen LogP contribution in [-0.4, -0.2) is 58.2 Å². The van der Waals surface area contributed by atoms with Crippen LogP contribution in [-0.2, 0) is 4.79 Å². The van der Waals surface area contributed by atoms with Crippen molar-refractivity contribution in [1.82, 2.24) is 14.9 Å². The molecular weight excluding hydrogens is 324 g/mol. The van der Waals surface area contributed by atoms with Crippen LogP contribution >= 0.6 is 11.3 Å². The summed E-state index contributed by atoms with van der Waals surface area (Å²) in [5.41, 5.74) is 0. The zero-order valence-corrected chi connectivity index (χ0v) is 14.6. The van der Waals surface area contributed by atoms with Crippen LogP contribution in [0, 0.1) is 5.92 Å². The summed E-state index contributed by atoms with van der Waals surface area (Å²) in [5, 5.41) is 12.5. The lowest BCUT2D eigenvalue weighted by Gasteiger charge is -2.36. The molecule has 4 rings (SSSR count). The number of aromatic nitrogens is 2. The third-order valence-corrected chi connectivity index (χ3v) is 5.99.